The van der Waals surface area contributed by atoms with Gasteiger partial charge in [0.2, 0.25) is 0 Å². The standard InChI is InChI=1S/C48H34N2/c1-5-14-35(15-6-1)36-24-26-37(27-25-36)38-28-30-42(31-29-38)49(40-18-9-3-10-19-40)43-32-33-45-47(34-43)50(41-20-11-4-12-21-41)46-23-13-22-44(48(45)46)39-16-7-2-8-17-39/h1-34H. The fourth-order valence-electron chi connectivity index (χ4n) is 7.22. The zero-order valence-corrected chi connectivity index (χ0v) is 27.5. The van der Waals surface area contributed by atoms with Crippen LogP contribution in [0.1, 0.15) is 0 Å². The molecule has 0 aliphatic rings. The first-order valence-electron chi connectivity index (χ1n) is 17.1. The summed E-state index contributed by atoms with van der Waals surface area (Å²) in [5, 5.41) is 2.49. The molecule has 0 spiro atoms. The molecule has 0 aliphatic carbocycles. The first kappa shape index (κ1) is 29.5. The van der Waals surface area contributed by atoms with Crippen LogP contribution in [-0.4, -0.2) is 4.57 Å². The molecule has 0 saturated heterocycles. The van der Waals surface area contributed by atoms with Gasteiger partial charge in [-0.2, -0.15) is 0 Å². The molecule has 0 N–H and O–H groups in total. The maximum Gasteiger partial charge on any atom is 0.0562 e. The number of fused-ring (bicyclic) bond motifs is 3. The van der Waals surface area contributed by atoms with Crippen molar-refractivity contribution in [1.82, 2.24) is 4.57 Å². The van der Waals surface area contributed by atoms with E-state index in [1.165, 1.54) is 55.2 Å². The summed E-state index contributed by atoms with van der Waals surface area (Å²) in [6, 6.07) is 74.0. The fourth-order valence-corrected chi connectivity index (χ4v) is 7.22. The summed E-state index contributed by atoms with van der Waals surface area (Å²) in [6.45, 7) is 0. The Kier molecular flexibility index (Phi) is 7.53. The average Bonchev–Trinajstić information content (AvgIpc) is 3.54. The van der Waals surface area contributed by atoms with Gasteiger partial charge in [0.15, 0.2) is 0 Å². The highest BCUT2D eigenvalue weighted by atomic mass is 15.1. The number of hydrogen-bond donors (Lipinski definition) is 0. The van der Waals surface area contributed by atoms with E-state index in [-0.39, 0.29) is 0 Å². The summed E-state index contributed by atoms with van der Waals surface area (Å²) in [5.74, 6) is 0. The molecule has 2 nitrogen and oxygen atoms in total. The van der Waals surface area contributed by atoms with Crippen LogP contribution in [0.2, 0.25) is 0 Å². The molecule has 1 heterocycles. The maximum atomic E-state index is 2.41. The van der Waals surface area contributed by atoms with Crippen LogP contribution in [0, 0.1) is 0 Å². The smallest absolute Gasteiger partial charge is 0.0562 e. The summed E-state index contributed by atoms with van der Waals surface area (Å²) in [5.41, 5.74) is 14.1. The number of nitrogens with zero attached hydrogens (tertiary/aromatic N) is 2. The first-order chi connectivity index (χ1) is 24.8. The minimum absolute atomic E-state index is 1.10. The summed E-state index contributed by atoms with van der Waals surface area (Å²) < 4.78 is 2.41. The van der Waals surface area contributed by atoms with Crippen LogP contribution in [0.25, 0.3) is 60.9 Å². The Balaban J connectivity index is 1.18. The van der Waals surface area contributed by atoms with E-state index in [4.69, 9.17) is 0 Å². The van der Waals surface area contributed by atoms with Crippen LogP contribution in [0.5, 0.6) is 0 Å². The Morgan fingerprint density at radius 3 is 1.42 bits per heavy atom. The lowest BCUT2D eigenvalue weighted by Crippen LogP contribution is -2.10. The Hall–Kier alpha value is -6.64. The van der Waals surface area contributed by atoms with Crippen LogP contribution in [0.3, 0.4) is 0 Å². The Morgan fingerprint density at radius 2 is 0.800 bits per heavy atom. The third kappa shape index (κ3) is 5.34. The fraction of sp³-hybridized carbons (Fsp3) is 0. The first-order valence-corrected chi connectivity index (χ1v) is 17.1. The van der Waals surface area contributed by atoms with E-state index < -0.39 is 0 Å². The number of anilines is 3. The van der Waals surface area contributed by atoms with Crippen LogP contribution < -0.4 is 4.90 Å². The van der Waals surface area contributed by atoms with Crippen molar-refractivity contribution in [2.75, 3.05) is 4.90 Å². The lowest BCUT2D eigenvalue weighted by atomic mass is 9.99. The summed E-state index contributed by atoms with van der Waals surface area (Å²) in [4.78, 5) is 2.35. The Labute approximate surface area is 292 Å². The summed E-state index contributed by atoms with van der Waals surface area (Å²) in [7, 11) is 0. The molecule has 1 aromatic heterocycles. The van der Waals surface area contributed by atoms with E-state index >= 15 is 0 Å². The van der Waals surface area contributed by atoms with E-state index in [1.54, 1.807) is 0 Å². The van der Waals surface area contributed by atoms with Gasteiger partial charge < -0.3 is 9.47 Å². The number of benzene rings is 8. The van der Waals surface area contributed by atoms with E-state index in [2.05, 4.69) is 216 Å². The lowest BCUT2D eigenvalue weighted by Gasteiger charge is -2.26. The number of rotatable bonds is 7. The van der Waals surface area contributed by atoms with Crippen LogP contribution in [0.4, 0.5) is 17.1 Å². The van der Waals surface area contributed by atoms with Gasteiger partial charge in [-0.25, -0.2) is 0 Å². The van der Waals surface area contributed by atoms with Crippen molar-refractivity contribution >= 4 is 38.9 Å². The highest BCUT2D eigenvalue weighted by molar-refractivity contribution is 6.16. The molecule has 9 aromatic rings. The molecule has 50 heavy (non-hydrogen) atoms. The molecule has 0 fully saturated rings. The van der Waals surface area contributed by atoms with Crippen LogP contribution >= 0.6 is 0 Å². The van der Waals surface area contributed by atoms with Crippen molar-refractivity contribution in [3.8, 4) is 39.1 Å². The second-order valence-electron chi connectivity index (χ2n) is 12.6. The monoisotopic (exact) mass is 638 g/mol. The van der Waals surface area contributed by atoms with Gasteiger partial charge >= 0.3 is 0 Å². The third-order valence-corrected chi connectivity index (χ3v) is 9.60. The van der Waals surface area contributed by atoms with Gasteiger partial charge in [-0.15, -0.1) is 0 Å². The average molecular weight is 639 g/mol. The van der Waals surface area contributed by atoms with Gasteiger partial charge in [0.25, 0.3) is 0 Å². The summed E-state index contributed by atoms with van der Waals surface area (Å²) >= 11 is 0. The largest absolute Gasteiger partial charge is 0.310 e. The highest BCUT2D eigenvalue weighted by Gasteiger charge is 2.19. The van der Waals surface area contributed by atoms with Crippen molar-refractivity contribution in [3.63, 3.8) is 0 Å². The SMILES string of the molecule is c1ccc(-c2ccc(-c3ccc(N(c4ccccc4)c4ccc5c6c(-c7ccccc7)cccc6n(-c6ccccc6)c5c4)cc3)cc2)cc1. The van der Waals surface area contributed by atoms with E-state index in [1.807, 2.05) is 0 Å². The zero-order chi connectivity index (χ0) is 33.3. The van der Waals surface area contributed by atoms with Gasteiger partial charge in [0.1, 0.15) is 0 Å². The van der Waals surface area contributed by atoms with Crippen molar-refractivity contribution in [2.45, 2.75) is 0 Å². The second-order valence-corrected chi connectivity index (χ2v) is 12.6. The molecule has 0 aliphatic heterocycles. The second kappa shape index (κ2) is 12.8. The molecule has 9 rings (SSSR count). The number of hydrogen-bond acceptors (Lipinski definition) is 1. The molecular formula is C48H34N2. The zero-order valence-electron chi connectivity index (χ0n) is 27.5. The predicted octanol–water partition coefficient (Wildman–Crippen LogP) is 13.3. The van der Waals surface area contributed by atoms with Crippen molar-refractivity contribution in [3.05, 3.63) is 206 Å². The normalized spacial score (nSPS) is 11.2. The van der Waals surface area contributed by atoms with Crippen LogP contribution in [-0.2, 0) is 0 Å². The van der Waals surface area contributed by atoms with Crippen molar-refractivity contribution in [2.24, 2.45) is 0 Å². The molecule has 0 bridgehead atoms. The lowest BCUT2D eigenvalue weighted by molar-refractivity contribution is 1.18. The van der Waals surface area contributed by atoms with Crippen molar-refractivity contribution in [1.29, 1.82) is 0 Å². The minimum atomic E-state index is 1.10. The molecular weight excluding hydrogens is 605 g/mol. The van der Waals surface area contributed by atoms with Gasteiger partial charge in [-0.3, -0.25) is 0 Å². The van der Waals surface area contributed by atoms with Gasteiger partial charge in [-0.1, -0.05) is 152 Å². The van der Waals surface area contributed by atoms with Crippen LogP contribution in [0.15, 0.2) is 206 Å². The third-order valence-electron chi connectivity index (χ3n) is 9.60. The predicted molar refractivity (Wildman–Crippen MR) is 212 cm³/mol. The van der Waals surface area contributed by atoms with Gasteiger partial charge in [0, 0.05) is 33.5 Å². The van der Waals surface area contributed by atoms with Gasteiger partial charge in [-0.05, 0) is 88.0 Å². The molecule has 0 unspecified atom stereocenters. The van der Waals surface area contributed by atoms with E-state index in [0.29, 0.717) is 0 Å². The van der Waals surface area contributed by atoms with Gasteiger partial charge in [0.05, 0.1) is 11.0 Å². The molecule has 0 atom stereocenters. The Bertz CT molecular complexity index is 2540. The topological polar surface area (TPSA) is 8.17 Å². The molecule has 0 saturated carbocycles. The highest BCUT2D eigenvalue weighted by Crippen LogP contribution is 2.42. The van der Waals surface area contributed by atoms with E-state index in [0.717, 1.165) is 22.7 Å². The molecule has 8 aromatic carbocycles. The maximum absolute atomic E-state index is 2.41. The molecule has 0 radical (unpaired) electrons. The number of para-hydroxylation sites is 2. The Morgan fingerprint density at radius 1 is 0.320 bits per heavy atom. The molecule has 0 amide bonds. The molecule has 236 valence electrons. The summed E-state index contributed by atoms with van der Waals surface area (Å²) in [6.07, 6.45) is 0. The minimum Gasteiger partial charge on any atom is -0.310 e. The van der Waals surface area contributed by atoms with E-state index in [9.17, 15) is 0 Å². The quantitative estimate of drug-likeness (QED) is 0.169. The molecule has 2 heteroatoms. The number of aromatic nitrogens is 1. The van der Waals surface area contributed by atoms with Crippen molar-refractivity contribution < 1.29 is 0 Å².